The largest absolute Gasteiger partial charge is 0.461 e. The zero-order chi connectivity index (χ0) is 24.4. The second-order valence-electron chi connectivity index (χ2n) is 8.80. The average Bonchev–Trinajstić information content (AvgIpc) is 3.65. The standard InChI is InChI=1S/C25H29N3O6/c1-4-33-24(31)19-12-18-20(27-25(32)34-13-16-8-6-5-7-9-16)14(2)21(17-10-11-17)28(15(3)29)22(18)23(30)26-19/h5-9,12,14,17,20-21H,4,10-11,13H2,1-3H3,(H,26,30)(H,27,32)/t14-,20?,21-/m1/s1. The number of nitrogens with zero attached hydrogens (tertiary/aromatic N) is 1. The molecular weight excluding hydrogens is 438 g/mol. The van der Waals surface area contributed by atoms with Crippen LogP contribution in [0.2, 0.25) is 0 Å². The van der Waals surface area contributed by atoms with Crippen LogP contribution < -0.4 is 15.8 Å². The van der Waals surface area contributed by atoms with Crippen LogP contribution in [0.3, 0.4) is 0 Å². The molecular formula is C25H29N3O6. The highest BCUT2D eigenvalue weighted by Crippen LogP contribution is 2.48. The van der Waals surface area contributed by atoms with Crippen molar-refractivity contribution in [3.8, 4) is 0 Å². The summed E-state index contributed by atoms with van der Waals surface area (Å²) in [6.07, 6.45) is 1.24. The fraction of sp³-hybridized carbons (Fsp3) is 0.440. The van der Waals surface area contributed by atoms with E-state index >= 15 is 0 Å². The van der Waals surface area contributed by atoms with Gasteiger partial charge in [0, 0.05) is 24.4 Å². The lowest BCUT2D eigenvalue weighted by molar-refractivity contribution is -0.117. The maximum absolute atomic E-state index is 13.1. The average molecular weight is 468 g/mol. The van der Waals surface area contributed by atoms with Gasteiger partial charge in [0.2, 0.25) is 5.91 Å². The number of pyridine rings is 1. The molecule has 1 aliphatic heterocycles. The van der Waals surface area contributed by atoms with Crippen molar-refractivity contribution in [1.82, 2.24) is 10.3 Å². The lowest BCUT2D eigenvalue weighted by Crippen LogP contribution is -2.55. The number of fused-ring (bicyclic) bond motifs is 1. The Morgan fingerprint density at radius 1 is 1.15 bits per heavy atom. The number of aromatic amines is 1. The van der Waals surface area contributed by atoms with Gasteiger partial charge in [0.15, 0.2) is 0 Å². The normalized spacial score (nSPS) is 21.4. The minimum Gasteiger partial charge on any atom is -0.461 e. The van der Waals surface area contributed by atoms with E-state index in [1.165, 1.54) is 17.9 Å². The summed E-state index contributed by atoms with van der Waals surface area (Å²) >= 11 is 0. The molecule has 180 valence electrons. The fourth-order valence-corrected chi connectivity index (χ4v) is 4.79. The zero-order valence-corrected chi connectivity index (χ0v) is 19.5. The fourth-order valence-electron chi connectivity index (χ4n) is 4.79. The number of anilines is 1. The summed E-state index contributed by atoms with van der Waals surface area (Å²) in [7, 11) is 0. The topological polar surface area (TPSA) is 118 Å². The van der Waals surface area contributed by atoms with E-state index in [1.54, 1.807) is 6.92 Å². The third kappa shape index (κ3) is 4.69. The van der Waals surface area contributed by atoms with Crippen molar-refractivity contribution in [3.63, 3.8) is 0 Å². The third-order valence-electron chi connectivity index (χ3n) is 6.40. The number of nitrogens with one attached hydrogen (secondary N) is 2. The Balaban J connectivity index is 1.70. The molecule has 34 heavy (non-hydrogen) atoms. The number of benzene rings is 1. The van der Waals surface area contributed by atoms with Gasteiger partial charge in [-0.1, -0.05) is 37.3 Å². The van der Waals surface area contributed by atoms with Crippen LogP contribution in [-0.4, -0.2) is 35.6 Å². The maximum atomic E-state index is 13.1. The van der Waals surface area contributed by atoms with E-state index in [1.807, 2.05) is 37.3 Å². The van der Waals surface area contributed by atoms with E-state index in [-0.39, 0.29) is 48.4 Å². The van der Waals surface area contributed by atoms with Crippen molar-refractivity contribution in [1.29, 1.82) is 0 Å². The van der Waals surface area contributed by atoms with E-state index in [9.17, 15) is 19.2 Å². The Morgan fingerprint density at radius 3 is 2.47 bits per heavy atom. The summed E-state index contributed by atoms with van der Waals surface area (Å²) in [4.78, 5) is 55.0. The lowest BCUT2D eigenvalue weighted by Gasteiger charge is -2.44. The van der Waals surface area contributed by atoms with Crippen molar-refractivity contribution >= 4 is 23.7 Å². The highest BCUT2D eigenvalue weighted by atomic mass is 16.5. The first kappa shape index (κ1) is 23.5. The van der Waals surface area contributed by atoms with Gasteiger partial charge in [0.05, 0.1) is 12.6 Å². The minimum absolute atomic E-state index is 0.0318. The molecule has 0 spiro atoms. The first-order valence-electron chi connectivity index (χ1n) is 11.5. The number of esters is 1. The molecule has 9 nitrogen and oxygen atoms in total. The number of rotatable bonds is 6. The third-order valence-corrected chi connectivity index (χ3v) is 6.40. The van der Waals surface area contributed by atoms with E-state index < -0.39 is 23.7 Å². The summed E-state index contributed by atoms with van der Waals surface area (Å²) in [6, 6.07) is 9.91. The van der Waals surface area contributed by atoms with Gasteiger partial charge in [-0.2, -0.15) is 0 Å². The summed E-state index contributed by atoms with van der Waals surface area (Å²) in [5.41, 5.74) is 0.787. The molecule has 2 aromatic rings. The van der Waals surface area contributed by atoms with Gasteiger partial charge in [0.25, 0.3) is 5.56 Å². The molecule has 1 aromatic heterocycles. The Bertz CT molecular complexity index is 1140. The van der Waals surface area contributed by atoms with Crippen LogP contribution in [0.4, 0.5) is 10.5 Å². The number of hydrogen-bond donors (Lipinski definition) is 2. The van der Waals surface area contributed by atoms with Crippen molar-refractivity contribution < 1.29 is 23.9 Å². The summed E-state index contributed by atoms with van der Waals surface area (Å²) < 4.78 is 10.5. The number of carbonyl (C=O) groups is 3. The van der Waals surface area contributed by atoms with Gasteiger partial charge in [-0.25, -0.2) is 9.59 Å². The van der Waals surface area contributed by atoms with Gasteiger partial charge in [-0.05, 0) is 37.3 Å². The molecule has 2 N–H and O–H groups in total. The number of amides is 2. The van der Waals surface area contributed by atoms with Crippen LogP contribution in [0.5, 0.6) is 0 Å². The van der Waals surface area contributed by atoms with Crippen LogP contribution >= 0.6 is 0 Å². The highest BCUT2D eigenvalue weighted by molar-refractivity contribution is 5.95. The van der Waals surface area contributed by atoms with Gasteiger partial charge in [-0.15, -0.1) is 0 Å². The predicted octanol–water partition coefficient (Wildman–Crippen LogP) is 3.30. The van der Waals surface area contributed by atoms with Crippen molar-refractivity contribution in [2.75, 3.05) is 11.5 Å². The van der Waals surface area contributed by atoms with Gasteiger partial charge < -0.3 is 24.7 Å². The van der Waals surface area contributed by atoms with E-state index in [4.69, 9.17) is 9.47 Å². The molecule has 4 rings (SSSR count). The summed E-state index contributed by atoms with van der Waals surface area (Å²) in [5.74, 6) is -0.922. The molecule has 1 aromatic carbocycles. The van der Waals surface area contributed by atoms with Crippen molar-refractivity contribution in [2.45, 2.75) is 52.3 Å². The SMILES string of the molecule is CCOC(=O)c1cc2c(c(=O)[nH]1)N(C(C)=O)[C@@H](C1CC1)[C@H](C)C2NC(=O)OCc1ccccc1. The van der Waals surface area contributed by atoms with Crippen LogP contribution in [0.1, 0.15) is 61.3 Å². The molecule has 3 atom stereocenters. The number of hydrogen-bond acceptors (Lipinski definition) is 6. The number of aromatic nitrogens is 1. The number of ether oxygens (including phenoxy) is 2. The molecule has 1 fully saturated rings. The van der Waals surface area contributed by atoms with Gasteiger partial charge >= 0.3 is 12.1 Å². The molecule has 1 unspecified atom stereocenters. The van der Waals surface area contributed by atoms with Crippen LogP contribution in [0.25, 0.3) is 0 Å². The molecule has 9 heteroatoms. The number of H-pyrrole nitrogens is 1. The van der Waals surface area contributed by atoms with Gasteiger partial charge in [0.1, 0.15) is 18.0 Å². The quantitative estimate of drug-likeness (QED) is 0.630. The van der Waals surface area contributed by atoms with Gasteiger partial charge in [-0.3, -0.25) is 9.59 Å². The first-order chi connectivity index (χ1) is 16.3. The van der Waals surface area contributed by atoms with Crippen LogP contribution in [-0.2, 0) is 20.9 Å². The summed E-state index contributed by atoms with van der Waals surface area (Å²) in [5, 5.41) is 2.89. The zero-order valence-electron chi connectivity index (χ0n) is 19.5. The first-order valence-corrected chi connectivity index (χ1v) is 11.5. The predicted molar refractivity (Wildman–Crippen MR) is 124 cm³/mol. The lowest BCUT2D eigenvalue weighted by atomic mass is 9.80. The van der Waals surface area contributed by atoms with Crippen molar-refractivity contribution in [2.24, 2.45) is 11.8 Å². The van der Waals surface area contributed by atoms with Crippen LogP contribution in [0, 0.1) is 11.8 Å². The molecule has 2 heterocycles. The van der Waals surface area contributed by atoms with E-state index in [2.05, 4.69) is 10.3 Å². The van der Waals surface area contributed by atoms with E-state index in [0.29, 0.717) is 5.56 Å². The molecule has 2 aliphatic rings. The summed E-state index contributed by atoms with van der Waals surface area (Å²) in [6.45, 7) is 5.27. The smallest absolute Gasteiger partial charge is 0.407 e. The second-order valence-corrected chi connectivity index (χ2v) is 8.80. The van der Waals surface area contributed by atoms with Crippen LogP contribution in [0.15, 0.2) is 41.2 Å². The second kappa shape index (κ2) is 9.70. The molecule has 0 radical (unpaired) electrons. The molecule has 0 bridgehead atoms. The number of carbonyl (C=O) groups excluding carboxylic acids is 3. The van der Waals surface area contributed by atoms with E-state index in [0.717, 1.165) is 18.4 Å². The molecule has 1 saturated carbocycles. The Kier molecular flexibility index (Phi) is 6.72. The Hall–Kier alpha value is -3.62. The monoisotopic (exact) mass is 467 g/mol. The Morgan fingerprint density at radius 2 is 1.85 bits per heavy atom. The van der Waals surface area contributed by atoms with Crippen molar-refractivity contribution in [3.05, 3.63) is 63.6 Å². The minimum atomic E-state index is -0.681. The maximum Gasteiger partial charge on any atom is 0.407 e. The number of alkyl carbamates (subject to hydrolysis) is 1. The Labute approximate surface area is 197 Å². The molecule has 2 amide bonds. The highest BCUT2D eigenvalue weighted by Gasteiger charge is 2.49. The molecule has 1 aliphatic carbocycles. The molecule has 0 saturated heterocycles.